The second-order valence-electron chi connectivity index (χ2n) is 4.47. The summed E-state index contributed by atoms with van der Waals surface area (Å²) in [5.41, 5.74) is 4.79. The molecule has 0 aromatic heterocycles. The number of halogens is 2. The molecule has 1 N–H and O–H groups in total. The van der Waals surface area contributed by atoms with Gasteiger partial charge in [0.15, 0.2) is 4.84 Å². The summed E-state index contributed by atoms with van der Waals surface area (Å²) >= 11 is 11.2. The number of alkyl halides is 2. The minimum Gasteiger partial charge on any atom is -0.368 e. The quantitative estimate of drug-likeness (QED) is 0.682. The van der Waals surface area contributed by atoms with Crippen LogP contribution in [0.15, 0.2) is 24.3 Å². The Morgan fingerprint density at radius 1 is 1.20 bits per heavy atom. The van der Waals surface area contributed by atoms with E-state index in [9.17, 15) is 4.79 Å². The average molecular weight is 318 g/mol. The number of carbonyl (C=O) groups excluding carboxylic acids is 1. The highest BCUT2D eigenvalue weighted by Gasteiger charge is 2.24. The van der Waals surface area contributed by atoms with Crippen molar-refractivity contribution in [1.29, 1.82) is 0 Å². The highest BCUT2D eigenvalue weighted by Crippen LogP contribution is 2.20. The minimum absolute atomic E-state index is 0.215. The number of hydrogen-bond donors (Lipinski definition) is 1. The summed E-state index contributed by atoms with van der Waals surface area (Å²) < 4.78 is 0. The van der Waals surface area contributed by atoms with E-state index in [0.717, 1.165) is 24.5 Å². The molecule has 0 saturated carbocycles. The molecule has 0 unspecified atom stereocenters. The molecule has 5 nitrogen and oxygen atoms in total. The summed E-state index contributed by atoms with van der Waals surface area (Å²) in [6.07, 6.45) is 0. The zero-order chi connectivity index (χ0) is 14.5. The zero-order valence-corrected chi connectivity index (χ0v) is 12.7. The molecule has 1 aromatic rings. The average Bonchev–Trinajstić information content (AvgIpc) is 2.48. The van der Waals surface area contributed by atoms with Gasteiger partial charge in [0.25, 0.3) is 5.91 Å². The molecule has 0 atom stereocenters. The highest BCUT2D eigenvalue weighted by molar-refractivity contribution is 6.53. The topological polar surface area (TPSA) is 44.8 Å². The number of hydrogen-bond acceptors (Lipinski definition) is 4. The van der Waals surface area contributed by atoms with Crippen molar-refractivity contribution in [3.63, 3.8) is 0 Å². The van der Waals surface area contributed by atoms with Gasteiger partial charge in [-0.15, -0.1) is 0 Å². The number of nitrogens with zero attached hydrogens (tertiary/aromatic N) is 2. The van der Waals surface area contributed by atoms with Crippen molar-refractivity contribution in [1.82, 2.24) is 4.90 Å². The molecule has 1 saturated heterocycles. The molecule has 2 rings (SSSR count). The maximum Gasteiger partial charge on any atom is 0.255 e. The van der Waals surface area contributed by atoms with E-state index in [0.29, 0.717) is 13.1 Å². The molecule has 7 heteroatoms. The maximum absolute atomic E-state index is 11.7. The van der Waals surface area contributed by atoms with Crippen molar-refractivity contribution >= 4 is 40.5 Å². The molecule has 0 aliphatic carbocycles. The number of benzene rings is 1. The predicted molar refractivity (Wildman–Crippen MR) is 81.4 cm³/mol. The highest BCUT2D eigenvalue weighted by atomic mass is 35.5. The molecule has 1 aromatic carbocycles. The van der Waals surface area contributed by atoms with Crippen molar-refractivity contribution in [3.05, 3.63) is 24.3 Å². The molecular formula is C13H17Cl2N3O2. The lowest BCUT2D eigenvalue weighted by Gasteiger charge is -2.36. The van der Waals surface area contributed by atoms with E-state index >= 15 is 0 Å². The fourth-order valence-electron chi connectivity index (χ4n) is 2.18. The fraction of sp³-hybridized carbons (Fsp3) is 0.462. The Balaban J connectivity index is 1.91. The van der Waals surface area contributed by atoms with Gasteiger partial charge in [-0.25, -0.2) is 0 Å². The number of rotatable bonds is 4. The number of piperazine rings is 1. The van der Waals surface area contributed by atoms with Crippen LogP contribution in [0.25, 0.3) is 0 Å². The van der Waals surface area contributed by atoms with Crippen molar-refractivity contribution in [3.8, 4) is 0 Å². The first-order chi connectivity index (χ1) is 9.61. The van der Waals surface area contributed by atoms with Crippen LogP contribution in [0.3, 0.4) is 0 Å². The van der Waals surface area contributed by atoms with Crippen molar-refractivity contribution in [2.24, 2.45) is 0 Å². The first-order valence-corrected chi connectivity index (χ1v) is 7.20. The Morgan fingerprint density at radius 2 is 1.80 bits per heavy atom. The fourth-order valence-corrected chi connectivity index (χ4v) is 2.46. The third-order valence-corrected chi connectivity index (χ3v) is 3.60. The van der Waals surface area contributed by atoms with E-state index in [1.54, 1.807) is 12.0 Å². The molecular weight excluding hydrogens is 301 g/mol. The van der Waals surface area contributed by atoms with Crippen molar-refractivity contribution < 1.29 is 9.63 Å². The summed E-state index contributed by atoms with van der Waals surface area (Å²) in [6, 6.07) is 7.93. The normalized spacial score (nSPS) is 15.6. The number of amides is 1. The van der Waals surface area contributed by atoms with Crippen LogP contribution in [0, 0.1) is 0 Å². The zero-order valence-electron chi connectivity index (χ0n) is 11.2. The van der Waals surface area contributed by atoms with Gasteiger partial charge in [0, 0.05) is 31.9 Å². The van der Waals surface area contributed by atoms with Gasteiger partial charge in [0.1, 0.15) is 0 Å². The molecule has 0 bridgehead atoms. The van der Waals surface area contributed by atoms with Crippen LogP contribution in [0.2, 0.25) is 0 Å². The van der Waals surface area contributed by atoms with E-state index in [1.807, 2.05) is 24.3 Å². The van der Waals surface area contributed by atoms with Crippen molar-refractivity contribution in [2.45, 2.75) is 4.84 Å². The largest absolute Gasteiger partial charge is 0.368 e. The molecule has 1 heterocycles. The summed E-state index contributed by atoms with van der Waals surface area (Å²) in [5.74, 6) is -0.215. The summed E-state index contributed by atoms with van der Waals surface area (Å²) in [7, 11) is 1.57. The minimum atomic E-state index is -0.971. The first-order valence-electron chi connectivity index (χ1n) is 6.33. The van der Waals surface area contributed by atoms with Gasteiger partial charge in [-0.05, 0) is 24.3 Å². The Hall–Kier alpha value is -1.17. The van der Waals surface area contributed by atoms with E-state index in [-0.39, 0.29) is 5.91 Å². The Kier molecular flexibility index (Phi) is 5.34. The van der Waals surface area contributed by atoms with Crippen molar-refractivity contribution in [2.75, 3.05) is 43.7 Å². The third kappa shape index (κ3) is 3.69. The second-order valence-corrected chi connectivity index (χ2v) is 5.56. The van der Waals surface area contributed by atoms with E-state index < -0.39 is 4.84 Å². The Labute approximate surface area is 128 Å². The molecule has 1 fully saturated rings. The SMILES string of the molecule is CONc1ccc(N2CCN(C(=O)C(Cl)Cl)CC2)cc1. The van der Waals surface area contributed by atoms with E-state index in [1.165, 1.54) is 0 Å². The lowest BCUT2D eigenvalue weighted by molar-refractivity contribution is -0.129. The molecule has 20 heavy (non-hydrogen) atoms. The van der Waals surface area contributed by atoms with Gasteiger partial charge in [0.05, 0.1) is 12.8 Å². The van der Waals surface area contributed by atoms with Gasteiger partial charge in [-0.3, -0.25) is 15.1 Å². The van der Waals surface area contributed by atoms with Gasteiger partial charge in [0.2, 0.25) is 0 Å². The van der Waals surface area contributed by atoms with Crippen LogP contribution in [-0.2, 0) is 9.63 Å². The first kappa shape index (κ1) is 15.2. The summed E-state index contributed by atoms with van der Waals surface area (Å²) in [4.78, 5) is 19.5. The monoisotopic (exact) mass is 317 g/mol. The predicted octanol–water partition coefficient (Wildman–Crippen LogP) is 2.11. The van der Waals surface area contributed by atoms with Gasteiger partial charge >= 0.3 is 0 Å². The Bertz CT molecular complexity index is 445. The lowest BCUT2D eigenvalue weighted by atomic mass is 10.2. The molecule has 0 spiro atoms. The standard InChI is InChI=1S/C13H17Cl2N3O2/c1-20-16-10-2-4-11(5-3-10)17-6-8-18(9-7-17)13(19)12(14)15/h2-5,12,16H,6-9H2,1H3. The second kappa shape index (κ2) is 7.02. The summed E-state index contributed by atoms with van der Waals surface area (Å²) in [6.45, 7) is 2.80. The number of anilines is 2. The van der Waals surface area contributed by atoms with Crippen LogP contribution in [0.1, 0.15) is 0 Å². The molecule has 1 amide bonds. The van der Waals surface area contributed by atoms with E-state index in [4.69, 9.17) is 28.0 Å². The van der Waals surface area contributed by atoms with Crippen LogP contribution in [0.4, 0.5) is 11.4 Å². The lowest BCUT2D eigenvalue weighted by Crippen LogP contribution is -2.50. The molecule has 0 radical (unpaired) electrons. The third-order valence-electron chi connectivity index (χ3n) is 3.23. The maximum atomic E-state index is 11.7. The number of carbonyl (C=O) groups is 1. The smallest absolute Gasteiger partial charge is 0.255 e. The molecule has 1 aliphatic heterocycles. The van der Waals surface area contributed by atoms with Gasteiger partial charge < -0.3 is 9.80 Å². The van der Waals surface area contributed by atoms with Crippen LogP contribution < -0.4 is 10.4 Å². The Morgan fingerprint density at radius 3 is 2.30 bits per heavy atom. The van der Waals surface area contributed by atoms with Crippen LogP contribution in [0.5, 0.6) is 0 Å². The van der Waals surface area contributed by atoms with Gasteiger partial charge in [-0.1, -0.05) is 23.2 Å². The molecule has 110 valence electrons. The number of nitrogens with one attached hydrogen (secondary N) is 1. The van der Waals surface area contributed by atoms with Crippen LogP contribution in [-0.4, -0.2) is 48.9 Å². The molecule has 1 aliphatic rings. The van der Waals surface area contributed by atoms with E-state index in [2.05, 4.69) is 10.4 Å². The summed E-state index contributed by atoms with van der Waals surface area (Å²) in [5, 5.41) is 0. The van der Waals surface area contributed by atoms with Crippen LogP contribution >= 0.6 is 23.2 Å². The van der Waals surface area contributed by atoms with Gasteiger partial charge in [-0.2, -0.15) is 0 Å².